The molecule has 6 nitrogen and oxygen atoms in total. The molecule has 0 aromatic carbocycles. The van der Waals surface area contributed by atoms with E-state index in [1.807, 2.05) is 7.05 Å². The van der Waals surface area contributed by atoms with E-state index in [2.05, 4.69) is 15.1 Å². The normalized spacial score (nSPS) is 17.4. The highest BCUT2D eigenvalue weighted by molar-refractivity contribution is 5.92. The lowest BCUT2D eigenvalue weighted by Crippen LogP contribution is -2.47. The zero-order valence-electron chi connectivity index (χ0n) is 9.26. The summed E-state index contributed by atoms with van der Waals surface area (Å²) in [7, 11) is 2.05. The van der Waals surface area contributed by atoms with Gasteiger partial charge in [-0.1, -0.05) is 0 Å². The van der Waals surface area contributed by atoms with Crippen molar-refractivity contribution in [1.82, 2.24) is 20.0 Å². The molecule has 0 saturated carbocycles. The predicted octanol–water partition coefficient (Wildman–Crippen LogP) is -0.554. The number of nitrogen functional groups attached to an aromatic ring is 1. The Hall–Kier alpha value is -1.69. The van der Waals surface area contributed by atoms with Crippen molar-refractivity contribution >= 4 is 11.7 Å². The molecule has 0 aliphatic carbocycles. The summed E-state index contributed by atoms with van der Waals surface area (Å²) < 4.78 is 0. The zero-order valence-corrected chi connectivity index (χ0v) is 9.26. The van der Waals surface area contributed by atoms with Gasteiger partial charge in [0.15, 0.2) is 5.69 Å². The monoisotopic (exact) mass is 221 g/mol. The molecule has 0 spiro atoms. The molecule has 86 valence electrons. The highest BCUT2D eigenvalue weighted by Crippen LogP contribution is 2.06. The van der Waals surface area contributed by atoms with Gasteiger partial charge in [-0.3, -0.25) is 4.79 Å². The highest BCUT2D eigenvalue weighted by atomic mass is 16.2. The number of aromatic nitrogens is 2. The maximum Gasteiger partial charge on any atom is 0.274 e. The van der Waals surface area contributed by atoms with Crippen molar-refractivity contribution in [3.63, 3.8) is 0 Å². The molecule has 1 aliphatic heterocycles. The van der Waals surface area contributed by atoms with Crippen molar-refractivity contribution in [1.29, 1.82) is 0 Å². The number of nitrogens with zero attached hydrogens (tertiary/aromatic N) is 4. The van der Waals surface area contributed by atoms with Crippen molar-refractivity contribution in [3.8, 4) is 0 Å². The number of hydrogen-bond donors (Lipinski definition) is 1. The third-order valence-corrected chi connectivity index (χ3v) is 2.69. The highest BCUT2D eigenvalue weighted by Gasteiger charge is 2.21. The number of anilines is 1. The van der Waals surface area contributed by atoms with Gasteiger partial charge < -0.3 is 15.5 Å². The summed E-state index contributed by atoms with van der Waals surface area (Å²) in [6.45, 7) is 3.27. The van der Waals surface area contributed by atoms with Gasteiger partial charge >= 0.3 is 0 Å². The molecule has 1 amide bonds. The Labute approximate surface area is 94.0 Å². The number of carbonyl (C=O) groups excluding carboxylic acids is 1. The summed E-state index contributed by atoms with van der Waals surface area (Å²) in [6, 6.07) is 3.21. The third-order valence-electron chi connectivity index (χ3n) is 2.69. The number of piperazine rings is 1. The Morgan fingerprint density at radius 1 is 1.25 bits per heavy atom. The summed E-state index contributed by atoms with van der Waals surface area (Å²) in [4.78, 5) is 16.0. The number of amides is 1. The molecular formula is C10H15N5O. The van der Waals surface area contributed by atoms with E-state index in [0.29, 0.717) is 11.5 Å². The average Bonchev–Trinajstić information content (AvgIpc) is 2.30. The van der Waals surface area contributed by atoms with E-state index in [0.717, 1.165) is 26.2 Å². The Morgan fingerprint density at radius 3 is 2.50 bits per heavy atom. The van der Waals surface area contributed by atoms with Crippen LogP contribution in [0.5, 0.6) is 0 Å². The van der Waals surface area contributed by atoms with E-state index in [-0.39, 0.29) is 5.91 Å². The van der Waals surface area contributed by atoms with Crippen molar-refractivity contribution in [2.24, 2.45) is 0 Å². The molecule has 1 aromatic heterocycles. The molecule has 0 bridgehead atoms. The lowest BCUT2D eigenvalue weighted by Gasteiger charge is -2.32. The minimum absolute atomic E-state index is 0.0689. The van der Waals surface area contributed by atoms with Crippen LogP contribution in [0.25, 0.3) is 0 Å². The molecular weight excluding hydrogens is 206 g/mol. The topological polar surface area (TPSA) is 75.3 Å². The summed E-state index contributed by atoms with van der Waals surface area (Å²) in [5.74, 6) is 0.260. The van der Waals surface area contributed by atoms with Crippen LogP contribution in [-0.2, 0) is 0 Å². The van der Waals surface area contributed by atoms with Crippen LogP contribution in [0.15, 0.2) is 12.1 Å². The van der Waals surface area contributed by atoms with Gasteiger partial charge in [0.1, 0.15) is 5.82 Å². The van der Waals surface area contributed by atoms with Crippen LogP contribution in [0.2, 0.25) is 0 Å². The molecule has 16 heavy (non-hydrogen) atoms. The van der Waals surface area contributed by atoms with Crippen molar-refractivity contribution < 1.29 is 4.79 Å². The molecule has 0 atom stereocenters. The van der Waals surface area contributed by atoms with Crippen LogP contribution in [0.1, 0.15) is 10.5 Å². The summed E-state index contributed by atoms with van der Waals surface area (Å²) in [5, 5.41) is 7.47. The molecule has 6 heteroatoms. The summed E-state index contributed by atoms with van der Waals surface area (Å²) >= 11 is 0. The lowest BCUT2D eigenvalue weighted by molar-refractivity contribution is 0.0657. The lowest BCUT2D eigenvalue weighted by atomic mass is 10.3. The number of hydrogen-bond acceptors (Lipinski definition) is 5. The Bertz CT molecular complexity index is 369. The second kappa shape index (κ2) is 4.44. The maximum absolute atomic E-state index is 12.0. The fourth-order valence-electron chi connectivity index (χ4n) is 1.63. The molecule has 1 aliphatic rings. The number of rotatable bonds is 1. The first-order valence-electron chi connectivity index (χ1n) is 5.24. The van der Waals surface area contributed by atoms with Crippen molar-refractivity contribution in [2.45, 2.75) is 0 Å². The molecule has 1 fully saturated rings. The van der Waals surface area contributed by atoms with Crippen LogP contribution >= 0.6 is 0 Å². The number of carbonyl (C=O) groups is 1. The second-order valence-electron chi connectivity index (χ2n) is 3.94. The Kier molecular flexibility index (Phi) is 3.00. The molecule has 2 rings (SSSR count). The van der Waals surface area contributed by atoms with Gasteiger partial charge in [0, 0.05) is 26.2 Å². The quantitative estimate of drug-likeness (QED) is 0.688. The van der Waals surface area contributed by atoms with E-state index in [1.54, 1.807) is 17.0 Å². The van der Waals surface area contributed by atoms with E-state index in [1.165, 1.54) is 0 Å². The van der Waals surface area contributed by atoms with E-state index < -0.39 is 0 Å². The van der Waals surface area contributed by atoms with Crippen LogP contribution in [0.3, 0.4) is 0 Å². The predicted molar refractivity (Wildman–Crippen MR) is 59.8 cm³/mol. The largest absolute Gasteiger partial charge is 0.382 e. The second-order valence-corrected chi connectivity index (χ2v) is 3.94. The molecule has 1 saturated heterocycles. The first-order valence-corrected chi connectivity index (χ1v) is 5.24. The zero-order chi connectivity index (χ0) is 11.5. The van der Waals surface area contributed by atoms with E-state index in [9.17, 15) is 4.79 Å². The first-order chi connectivity index (χ1) is 7.66. The summed E-state index contributed by atoms with van der Waals surface area (Å²) in [5.41, 5.74) is 5.78. The van der Waals surface area contributed by atoms with E-state index in [4.69, 9.17) is 5.73 Å². The number of nitrogens with two attached hydrogens (primary N) is 1. The van der Waals surface area contributed by atoms with Crippen LogP contribution in [0.4, 0.5) is 5.82 Å². The number of likely N-dealkylation sites (N-methyl/N-ethyl adjacent to an activating group) is 1. The molecule has 0 unspecified atom stereocenters. The van der Waals surface area contributed by atoms with Gasteiger partial charge in [-0.2, -0.15) is 0 Å². The van der Waals surface area contributed by atoms with Gasteiger partial charge in [0.05, 0.1) is 0 Å². The fourth-order valence-corrected chi connectivity index (χ4v) is 1.63. The molecule has 2 N–H and O–H groups in total. The molecule has 2 heterocycles. The Balaban J connectivity index is 2.05. The van der Waals surface area contributed by atoms with Crippen molar-refractivity contribution in [2.75, 3.05) is 39.0 Å². The van der Waals surface area contributed by atoms with Gasteiger partial charge in [0.25, 0.3) is 5.91 Å². The fraction of sp³-hybridized carbons (Fsp3) is 0.500. The van der Waals surface area contributed by atoms with E-state index >= 15 is 0 Å². The Morgan fingerprint density at radius 2 is 1.94 bits per heavy atom. The van der Waals surface area contributed by atoms with Crippen molar-refractivity contribution in [3.05, 3.63) is 17.8 Å². The minimum Gasteiger partial charge on any atom is -0.382 e. The van der Waals surface area contributed by atoms with Gasteiger partial charge in [-0.05, 0) is 19.2 Å². The van der Waals surface area contributed by atoms with Gasteiger partial charge in [-0.15, -0.1) is 10.2 Å². The van der Waals surface area contributed by atoms with Gasteiger partial charge in [-0.25, -0.2) is 0 Å². The average molecular weight is 221 g/mol. The minimum atomic E-state index is -0.0689. The van der Waals surface area contributed by atoms with Gasteiger partial charge in [0.2, 0.25) is 0 Å². The standard InChI is InChI=1S/C10H15N5O/c1-14-4-6-15(7-5-14)10(16)8-2-3-9(11)13-12-8/h2-3H,4-7H2,1H3,(H2,11,13). The van der Waals surface area contributed by atoms with Crippen LogP contribution in [-0.4, -0.2) is 59.1 Å². The molecule has 0 radical (unpaired) electrons. The maximum atomic E-state index is 12.0. The first kappa shape index (κ1) is 10.8. The van der Waals surface area contributed by atoms with Crippen LogP contribution in [0, 0.1) is 0 Å². The summed E-state index contributed by atoms with van der Waals surface area (Å²) in [6.07, 6.45) is 0. The van der Waals surface area contributed by atoms with Crippen LogP contribution < -0.4 is 5.73 Å². The molecule has 1 aromatic rings. The smallest absolute Gasteiger partial charge is 0.274 e. The SMILES string of the molecule is CN1CCN(C(=O)c2ccc(N)nn2)CC1. The third kappa shape index (κ3) is 2.27.